The lowest BCUT2D eigenvalue weighted by Gasteiger charge is -2.27. The van der Waals surface area contributed by atoms with Gasteiger partial charge in [0, 0.05) is 19.6 Å². The molecule has 5 nitrogen and oxygen atoms in total. The molecule has 0 saturated heterocycles. The van der Waals surface area contributed by atoms with Crippen LogP contribution in [-0.4, -0.2) is 39.5 Å². The third kappa shape index (κ3) is 5.46. The zero-order valence-corrected chi connectivity index (χ0v) is 12.8. The summed E-state index contributed by atoms with van der Waals surface area (Å²) < 4.78 is 15.6. The predicted molar refractivity (Wildman–Crippen MR) is 80.9 cm³/mol. The van der Waals surface area contributed by atoms with E-state index >= 15 is 0 Å². The normalized spacial score (nSPS) is 13.7. The minimum absolute atomic E-state index is 0.359. The van der Waals surface area contributed by atoms with Gasteiger partial charge in [-0.05, 0) is 12.0 Å². The van der Waals surface area contributed by atoms with E-state index in [4.69, 9.17) is 19.9 Å². The molecule has 0 bridgehead atoms. The molecule has 0 aliphatic heterocycles. The van der Waals surface area contributed by atoms with E-state index < -0.39 is 11.5 Å². The number of ether oxygens (including phenoxy) is 3. The number of methoxy groups -OCH3 is 1. The monoisotopic (exact) mass is 295 g/mol. The van der Waals surface area contributed by atoms with Crippen LogP contribution in [0.4, 0.5) is 0 Å². The van der Waals surface area contributed by atoms with E-state index in [0.29, 0.717) is 26.2 Å². The van der Waals surface area contributed by atoms with Crippen molar-refractivity contribution >= 4 is 5.97 Å². The number of hydrogen-bond acceptors (Lipinski definition) is 5. The second-order valence-electron chi connectivity index (χ2n) is 4.80. The molecule has 0 aliphatic carbocycles. The first-order valence-corrected chi connectivity index (χ1v) is 7.23. The molecule has 5 heteroatoms. The number of rotatable bonds is 10. The van der Waals surface area contributed by atoms with Crippen molar-refractivity contribution in [3.8, 4) is 0 Å². The average Bonchev–Trinajstić information content (AvgIpc) is 2.53. The van der Waals surface area contributed by atoms with Gasteiger partial charge in [0.15, 0.2) is 0 Å². The fourth-order valence-electron chi connectivity index (χ4n) is 1.98. The quantitative estimate of drug-likeness (QED) is 0.527. The molecule has 0 aromatic heterocycles. The minimum Gasteiger partial charge on any atom is -0.467 e. The van der Waals surface area contributed by atoms with E-state index in [1.54, 1.807) is 0 Å². The lowest BCUT2D eigenvalue weighted by molar-refractivity contribution is -0.148. The Kier molecular flexibility index (Phi) is 7.97. The molecule has 0 heterocycles. The van der Waals surface area contributed by atoms with Crippen molar-refractivity contribution in [2.75, 3.05) is 33.5 Å². The number of benzene rings is 1. The van der Waals surface area contributed by atoms with Gasteiger partial charge in [-0.1, -0.05) is 37.3 Å². The first kappa shape index (κ1) is 17.6. The third-order valence-electron chi connectivity index (χ3n) is 3.20. The summed E-state index contributed by atoms with van der Waals surface area (Å²) in [5.41, 5.74) is 5.79. The summed E-state index contributed by atoms with van der Waals surface area (Å²) in [7, 11) is 1.34. The van der Waals surface area contributed by atoms with Crippen LogP contribution in [0.25, 0.3) is 0 Å². The molecule has 0 fully saturated rings. The van der Waals surface area contributed by atoms with Crippen molar-refractivity contribution < 1.29 is 19.0 Å². The molecule has 1 rings (SSSR count). The maximum absolute atomic E-state index is 12.0. The summed E-state index contributed by atoms with van der Waals surface area (Å²) in [6.45, 7) is 4.20. The van der Waals surface area contributed by atoms with Crippen molar-refractivity contribution in [1.29, 1.82) is 0 Å². The van der Waals surface area contributed by atoms with E-state index in [9.17, 15) is 4.79 Å². The maximum atomic E-state index is 12.0. The van der Waals surface area contributed by atoms with Gasteiger partial charge in [-0.2, -0.15) is 0 Å². The summed E-state index contributed by atoms with van der Waals surface area (Å²) in [5.74, 6) is -0.459. The Balaban J connectivity index is 2.50. The number of esters is 1. The van der Waals surface area contributed by atoms with Crippen LogP contribution >= 0.6 is 0 Å². The highest BCUT2D eigenvalue weighted by Gasteiger charge is 2.36. The molecule has 1 atom stereocenters. The second kappa shape index (κ2) is 9.50. The van der Waals surface area contributed by atoms with Crippen LogP contribution in [0.2, 0.25) is 0 Å². The topological polar surface area (TPSA) is 70.8 Å². The van der Waals surface area contributed by atoms with Gasteiger partial charge in [-0.25, -0.2) is 4.79 Å². The van der Waals surface area contributed by atoms with Gasteiger partial charge in [0.1, 0.15) is 5.54 Å². The third-order valence-corrected chi connectivity index (χ3v) is 3.20. The van der Waals surface area contributed by atoms with E-state index in [-0.39, 0.29) is 0 Å². The van der Waals surface area contributed by atoms with Crippen molar-refractivity contribution in [3.63, 3.8) is 0 Å². The molecule has 1 aromatic carbocycles. The lowest BCUT2D eigenvalue weighted by Crippen LogP contribution is -2.46. The molecular weight excluding hydrogens is 270 g/mol. The van der Waals surface area contributed by atoms with Gasteiger partial charge in [0.25, 0.3) is 0 Å². The Morgan fingerprint density at radius 1 is 1.10 bits per heavy atom. The summed E-state index contributed by atoms with van der Waals surface area (Å²) in [5, 5.41) is 0. The number of hydrogen-bond donors (Lipinski definition) is 1. The Bertz CT molecular complexity index is 410. The van der Waals surface area contributed by atoms with Crippen LogP contribution in [-0.2, 0) is 24.5 Å². The fraction of sp³-hybridized carbons (Fsp3) is 0.562. The van der Waals surface area contributed by atoms with Crippen LogP contribution in [0.5, 0.6) is 0 Å². The summed E-state index contributed by atoms with van der Waals surface area (Å²) in [6.07, 6.45) is 1.35. The predicted octanol–water partition coefficient (Wildman–Crippen LogP) is 1.85. The van der Waals surface area contributed by atoms with Crippen LogP contribution in [0.3, 0.4) is 0 Å². The number of nitrogens with two attached hydrogens (primary N) is 1. The van der Waals surface area contributed by atoms with Crippen LogP contribution < -0.4 is 5.73 Å². The van der Waals surface area contributed by atoms with Gasteiger partial charge < -0.3 is 19.9 Å². The number of carbonyl (C=O) groups is 1. The van der Waals surface area contributed by atoms with Gasteiger partial charge in [-0.3, -0.25) is 0 Å². The average molecular weight is 295 g/mol. The Hall–Kier alpha value is -1.43. The zero-order chi connectivity index (χ0) is 15.6. The molecule has 1 aromatic rings. The van der Waals surface area contributed by atoms with E-state index in [0.717, 1.165) is 18.6 Å². The SMILES string of the molecule is CCCOCCOCCC(N)(C(=O)OC)c1ccccc1. The molecule has 0 saturated carbocycles. The van der Waals surface area contributed by atoms with E-state index in [1.807, 2.05) is 30.3 Å². The molecule has 0 radical (unpaired) electrons. The van der Waals surface area contributed by atoms with Crippen molar-refractivity contribution in [2.45, 2.75) is 25.3 Å². The largest absolute Gasteiger partial charge is 0.467 e. The molecule has 1 unspecified atom stereocenters. The smallest absolute Gasteiger partial charge is 0.330 e. The molecular formula is C16H25NO4. The van der Waals surface area contributed by atoms with Crippen molar-refractivity contribution in [1.82, 2.24) is 0 Å². The Morgan fingerprint density at radius 3 is 2.29 bits per heavy atom. The molecule has 0 aliphatic rings. The number of carbonyl (C=O) groups excluding carboxylic acids is 1. The van der Waals surface area contributed by atoms with E-state index in [2.05, 4.69) is 6.92 Å². The lowest BCUT2D eigenvalue weighted by atomic mass is 9.88. The van der Waals surface area contributed by atoms with Crippen LogP contribution in [0, 0.1) is 0 Å². The minimum atomic E-state index is -1.18. The molecule has 118 valence electrons. The first-order chi connectivity index (χ1) is 10.1. The Labute approximate surface area is 126 Å². The van der Waals surface area contributed by atoms with Crippen molar-refractivity contribution in [3.05, 3.63) is 35.9 Å². The van der Waals surface area contributed by atoms with Crippen molar-refractivity contribution in [2.24, 2.45) is 5.73 Å². The maximum Gasteiger partial charge on any atom is 0.330 e. The van der Waals surface area contributed by atoms with E-state index in [1.165, 1.54) is 7.11 Å². The summed E-state index contributed by atoms with van der Waals surface area (Å²) in [4.78, 5) is 12.0. The van der Waals surface area contributed by atoms with Gasteiger partial charge in [0.2, 0.25) is 0 Å². The zero-order valence-electron chi connectivity index (χ0n) is 12.8. The highest BCUT2D eigenvalue weighted by molar-refractivity contribution is 5.82. The van der Waals surface area contributed by atoms with Gasteiger partial charge in [0.05, 0.1) is 20.3 Å². The summed E-state index contributed by atoms with van der Waals surface area (Å²) >= 11 is 0. The van der Waals surface area contributed by atoms with Gasteiger partial charge >= 0.3 is 5.97 Å². The molecule has 2 N–H and O–H groups in total. The fourth-order valence-corrected chi connectivity index (χ4v) is 1.98. The Morgan fingerprint density at radius 2 is 1.71 bits per heavy atom. The molecule has 0 spiro atoms. The molecule has 21 heavy (non-hydrogen) atoms. The summed E-state index contributed by atoms with van der Waals surface area (Å²) in [6, 6.07) is 9.21. The highest BCUT2D eigenvalue weighted by atomic mass is 16.5. The first-order valence-electron chi connectivity index (χ1n) is 7.23. The highest BCUT2D eigenvalue weighted by Crippen LogP contribution is 2.23. The van der Waals surface area contributed by atoms with Crippen LogP contribution in [0.15, 0.2) is 30.3 Å². The van der Waals surface area contributed by atoms with Gasteiger partial charge in [-0.15, -0.1) is 0 Å². The van der Waals surface area contributed by atoms with Crippen LogP contribution in [0.1, 0.15) is 25.3 Å². The molecule has 0 amide bonds. The standard InChI is InChI=1S/C16H25NO4/c1-3-10-20-12-13-21-11-9-16(17,15(18)19-2)14-7-5-4-6-8-14/h4-8H,3,9-13,17H2,1-2H3. The second-order valence-corrected chi connectivity index (χ2v) is 4.80.